The summed E-state index contributed by atoms with van der Waals surface area (Å²) in [6, 6.07) is 15.5. The summed E-state index contributed by atoms with van der Waals surface area (Å²) in [5, 5.41) is 22.8. The Morgan fingerprint density at radius 2 is 1.65 bits per heavy atom. The fourth-order valence-electron chi connectivity index (χ4n) is 4.27. The minimum absolute atomic E-state index is 0.0207. The number of hydroxylamine groups is 1. The van der Waals surface area contributed by atoms with Crippen molar-refractivity contribution < 1.29 is 24.5 Å². The molecule has 0 unspecified atom stereocenters. The van der Waals surface area contributed by atoms with Crippen molar-refractivity contribution in [3.8, 4) is 5.75 Å². The number of non-ortho nitro benzene ring substituents is 1. The molecule has 3 aromatic carbocycles. The highest BCUT2D eigenvalue weighted by molar-refractivity contribution is 6.42. The molecule has 34 heavy (non-hydrogen) atoms. The van der Waals surface area contributed by atoms with Crippen LogP contribution in [0.2, 0.25) is 10.0 Å². The quantitative estimate of drug-likeness (QED) is 0.315. The Balaban J connectivity index is 1.59. The molecule has 1 N–H and O–H groups in total. The molecule has 0 aromatic heterocycles. The first-order valence-electron chi connectivity index (χ1n) is 10.1. The van der Waals surface area contributed by atoms with Crippen molar-refractivity contribution in [3.05, 3.63) is 92.5 Å². The van der Waals surface area contributed by atoms with Gasteiger partial charge in [-0.15, -0.1) is 0 Å². The number of carbonyl (C=O) groups is 2. The number of nitro benzene ring substituents is 1. The second-order valence-electron chi connectivity index (χ2n) is 7.80. The Bertz CT molecular complexity index is 1330. The van der Waals surface area contributed by atoms with Crippen molar-refractivity contribution in [3.63, 3.8) is 0 Å². The van der Waals surface area contributed by atoms with Crippen molar-refractivity contribution >= 4 is 52.1 Å². The zero-order valence-electron chi connectivity index (χ0n) is 17.2. The minimum Gasteiger partial charge on any atom is -0.508 e. The van der Waals surface area contributed by atoms with E-state index >= 15 is 0 Å². The number of amides is 2. The molecular formula is C23H15Cl2N3O6. The van der Waals surface area contributed by atoms with Gasteiger partial charge in [-0.05, 0) is 42.0 Å². The molecule has 2 aliphatic heterocycles. The summed E-state index contributed by atoms with van der Waals surface area (Å²) in [5.74, 6) is -2.04. The predicted octanol–water partition coefficient (Wildman–Crippen LogP) is 4.66. The molecule has 0 spiro atoms. The SMILES string of the molecule is O=C1[C@@H]2[C@@H](ON(c3cccc([N+](=O)[O-])c3)[C@H]2c2ccc(O)cc2)C(=O)N1c1ccc(Cl)c(Cl)c1. The second-order valence-corrected chi connectivity index (χ2v) is 8.62. The summed E-state index contributed by atoms with van der Waals surface area (Å²) in [5.41, 5.74) is 0.976. The van der Waals surface area contributed by atoms with Gasteiger partial charge in [0.1, 0.15) is 11.7 Å². The van der Waals surface area contributed by atoms with E-state index in [1.165, 1.54) is 53.6 Å². The average Bonchev–Trinajstić information content (AvgIpc) is 3.32. The number of hydrogen-bond donors (Lipinski definition) is 1. The summed E-state index contributed by atoms with van der Waals surface area (Å²) in [4.78, 5) is 44.6. The Morgan fingerprint density at radius 3 is 2.32 bits per heavy atom. The van der Waals surface area contributed by atoms with Gasteiger partial charge in [-0.3, -0.25) is 24.5 Å². The fraction of sp³-hybridized carbons (Fsp3) is 0.130. The molecule has 3 aromatic rings. The largest absolute Gasteiger partial charge is 0.508 e. The number of aromatic hydroxyl groups is 1. The summed E-state index contributed by atoms with van der Waals surface area (Å²) in [6.45, 7) is 0. The standard InChI is InChI=1S/C23H15Cl2N3O6/c24-17-9-6-13(11-18(17)25)26-22(30)19-20(12-4-7-16(29)8-5-12)27(34-21(19)23(26)31)14-2-1-3-15(10-14)28(32)33/h1-11,19-21,29H/t19-,20-,21+/m0/s1. The van der Waals surface area contributed by atoms with Gasteiger partial charge in [0.2, 0.25) is 5.91 Å². The van der Waals surface area contributed by atoms with Crippen LogP contribution in [0.4, 0.5) is 17.1 Å². The van der Waals surface area contributed by atoms with Crippen molar-refractivity contribution in [2.75, 3.05) is 9.96 Å². The molecule has 2 fully saturated rings. The maximum atomic E-state index is 13.6. The van der Waals surface area contributed by atoms with Gasteiger partial charge in [0.25, 0.3) is 11.6 Å². The van der Waals surface area contributed by atoms with Gasteiger partial charge >= 0.3 is 0 Å². The molecule has 9 nitrogen and oxygen atoms in total. The lowest BCUT2D eigenvalue weighted by Crippen LogP contribution is -2.37. The number of fused-ring (bicyclic) bond motifs is 1. The van der Waals surface area contributed by atoms with Crippen LogP contribution in [-0.2, 0) is 14.4 Å². The molecule has 0 saturated carbocycles. The topological polar surface area (TPSA) is 113 Å². The second kappa shape index (κ2) is 8.28. The lowest BCUT2D eigenvalue weighted by atomic mass is 9.90. The lowest BCUT2D eigenvalue weighted by Gasteiger charge is -2.28. The van der Waals surface area contributed by atoms with Crippen molar-refractivity contribution in [1.29, 1.82) is 0 Å². The van der Waals surface area contributed by atoms with Crippen LogP contribution < -0.4 is 9.96 Å². The zero-order valence-corrected chi connectivity index (χ0v) is 18.7. The number of nitrogens with zero attached hydrogens (tertiary/aromatic N) is 3. The molecule has 2 amide bonds. The average molecular weight is 500 g/mol. The van der Waals surface area contributed by atoms with Gasteiger partial charge < -0.3 is 5.11 Å². The van der Waals surface area contributed by atoms with Crippen molar-refractivity contribution in [2.45, 2.75) is 12.1 Å². The minimum atomic E-state index is -1.17. The number of phenolic OH excluding ortho intramolecular Hbond substituents is 1. The van der Waals surface area contributed by atoms with Crippen LogP contribution in [0.5, 0.6) is 5.75 Å². The monoisotopic (exact) mass is 499 g/mol. The summed E-state index contributed by atoms with van der Waals surface area (Å²) >= 11 is 12.1. The number of imide groups is 1. The number of hydrogen-bond acceptors (Lipinski definition) is 7. The third kappa shape index (κ3) is 3.54. The van der Waals surface area contributed by atoms with Crippen LogP contribution in [0.3, 0.4) is 0 Å². The number of nitro groups is 1. The third-order valence-corrected chi connectivity index (χ3v) is 6.55. The maximum absolute atomic E-state index is 13.6. The Morgan fingerprint density at radius 1 is 0.912 bits per heavy atom. The molecule has 0 aliphatic carbocycles. The first kappa shape index (κ1) is 22.1. The Labute approximate surface area is 202 Å². The summed E-state index contributed by atoms with van der Waals surface area (Å²) in [7, 11) is 0. The van der Waals surface area contributed by atoms with Crippen molar-refractivity contribution in [1.82, 2.24) is 0 Å². The lowest BCUT2D eigenvalue weighted by molar-refractivity contribution is -0.384. The van der Waals surface area contributed by atoms with Gasteiger partial charge in [-0.25, -0.2) is 9.96 Å². The van der Waals surface area contributed by atoms with E-state index in [-0.39, 0.29) is 27.2 Å². The molecule has 5 rings (SSSR count). The van der Waals surface area contributed by atoms with Crippen LogP contribution in [0.15, 0.2) is 66.7 Å². The van der Waals surface area contributed by atoms with Crippen molar-refractivity contribution in [2.24, 2.45) is 5.92 Å². The van der Waals surface area contributed by atoms with Gasteiger partial charge in [0.05, 0.1) is 32.4 Å². The molecule has 3 atom stereocenters. The predicted molar refractivity (Wildman–Crippen MR) is 124 cm³/mol. The molecule has 2 saturated heterocycles. The summed E-state index contributed by atoms with van der Waals surface area (Å²) < 4.78 is 0. The van der Waals surface area contributed by atoms with Crippen LogP contribution in [0.25, 0.3) is 0 Å². The van der Waals surface area contributed by atoms with E-state index in [0.29, 0.717) is 11.3 Å². The van der Waals surface area contributed by atoms with E-state index in [1.807, 2.05) is 0 Å². The molecule has 11 heteroatoms. The number of halogens is 2. The van der Waals surface area contributed by atoms with E-state index < -0.39 is 34.8 Å². The fourth-order valence-corrected chi connectivity index (χ4v) is 4.56. The van der Waals surface area contributed by atoms with Gasteiger partial charge in [-0.1, -0.05) is 41.4 Å². The molecular weight excluding hydrogens is 485 g/mol. The maximum Gasteiger partial charge on any atom is 0.271 e. The highest BCUT2D eigenvalue weighted by Gasteiger charge is 2.60. The zero-order chi connectivity index (χ0) is 24.1. The van der Waals surface area contributed by atoms with E-state index in [9.17, 15) is 24.8 Å². The number of phenols is 1. The number of rotatable bonds is 4. The molecule has 2 aliphatic rings. The van der Waals surface area contributed by atoms with Gasteiger partial charge in [0.15, 0.2) is 6.10 Å². The molecule has 172 valence electrons. The normalized spacial score (nSPS) is 21.8. The van der Waals surface area contributed by atoms with Crippen LogP contribution in [0, 0.1) is 16.0 Å². The molecule has 2 heterocycles. The number of anilines is 2. The van der Waals surface area contributed by atoms with Gasteiger partial charge in [-0.2, -0.15) is 0 Å². The van der Waals surface area contributed by atoms with E-state index in [1.54, 1.807) is 18.2 Å². The van der Waals surface area contributed by atoms with Crippen LogP contribution >= 0.6 is 23.2 Å². The summed E-state index contributed by atoms with van der Waals surface area (Å²) in [6.07, 6.45) is -1.17. The van der Waals surface area contributed by atoms with Crippen LogP contribution in [-0.4, -0.2) is 27.9 Å². The van der Waals surface area contributed by atoms with E-state index in [2.05, 4.69) is 0 Å². The highest BCUT2D eigenvalue weighted by atomic mass is 35.5. The first-order valence-corrected chi connectivity index (χ1v) is 10.8. The van der Waals surface area contributed by atoms with E-state index in [0.717, 1.165) is 4.90 Å². The Kier molecular flexibility index (Phi) is 5.40. The number of carbonyl (C=O) groups excluding carboxylic acids is 2. The third-order valence-electron chi connectivity index (χ3n) is 5.81. The highest BCUT2D eigenvalue weighted by Crippen LogP contribution is 2.48. The van der Waals surface area contributed by atoms with Gasteiger partial charge in [0, 0.05) is 12.1 Å². The van der Waals surface area contributed by atoms with E-state index in [4.69, 9.17) is 28.0 Å². The molecule has 0 radical (unpaired) electrons. The van der Waals surface area contributed by atoms with Crippen LogP contribution in [0.1, 0.15) is 11.6 Å². The molecule has 0 bridgehead atoms. The first-order chi connectivity index (χ1) is 16.3. The smallest absolute Gasteiger partial charge is 0.271 e. The number of benzene rings is 3. The Hall–Kier alpha value is -3.66.